The highest BCUT2D eigenvalue weighted by Crippen LogP contribution is 2.37. The second-order valence-corrected chi connectivity index (χ2v) is 14.4. The molecule has 0 bridgehead atoms. The molecule has 1 fully saturated rings. The predicted molar refractivity (Wildman–Crippen MR) is 198 cm³/mol. The smallest absolute Gasteiger partial charge is 0.251 e. The lowest BCUT2D eigenvalue weighted by atomic mass is 10.00. The van der Waals surface area contributed by atoms with Crippen molar-refractivity contribution in [3.63, 3.8) is 0 Å². The number of rotatable bonds is 17. The van der Waals surface area contributed by atoms with Gasteiger partial charge in [-0.1, -0.05) is 38.5 Å². The lowest BCUT2D eigenvalue weighted by molar-refractivity contribution is -0.112. The Kier molecular flexibility index (Phi) is 12.1. The molecule has 0 radical (unpaired) electrons. The van der Waals surface area contributed by atoms with Crippen molar-refractivity contribution < 1.29 is 18.8 Å². The Morgan fingerprint density at radius 2 is 1.78 bits per heavy atom. The van der Waals surface area contributed by atoms with E-state index in [9.17, 15) is 9.35 Å². The van der Waals surface area contributed by atoms with Crippen LogP contribution in [0.1, 0.15) is 63.6 Å². The molecule has 1 atom stereocenters. The van der Waals surface area contributed by atoms with Crippen LogP contribution < -0.4 is 15.0 Å². The van der Waals surface area contributed by atoms with Crippen LogP contribution in [0.2, 0.25) is 0 Å². The van der Waals surface area contributed by atoms with E-state index in [1.165, 1.54) is 18.5 Å². The number of carbonyl (C=O) groups is 1. The highest BCUT2D eigenvalue weighted by molar-refractivity contribution is 7.90. The van der Waals surface area contributed by atoms with Crippen LogP contribution in [0, 0.1) is 5.92 Å². The summed E-state index contributed by atoms with van der Waals surface area (Å²) >= 11 is -1.21. The summed E-state index contributed by atoms with van der Waals surface area (Å²) in [5.74, 6) is 1.85. The summed E-state index contributed by atoms with van der Waals surface area (Å²) in [6.07, 6.45) is 12.0. The molecule has 0 spiro atoms. The molecule has 49 heavy (non-hydrogen) atoms. The fourth-order valence-electron chi connectivity index (χ4n) is 6.09. The van der Waals surface area contributed by atoms with E-state index >= 15 is 0 Å². The fraction of sp³-hybridized carbons (Fsp3) is 0.400. The van der Waals surface area contributed by atoms with Gasteiger partial charge >= 0.3 is 0 Å². The molecular formula is C40H48N4O4S. The first-order valence-corrected chi connectivity index (χ1v) is 19.0. The Bertz CT molecular complexity index is 1700. The molecule has 1 amide bonds. The molecule has 1 N–H and O–H groups in total. The molecule has 1 unspecified atom stereocenters. The first-order valence-electron chi connectivity index (χ1n) is 17.7. The van der Waals surface area contributed by atoms with Gasteiger partial charge in [-0.15, -0.1) is 0 Å². The van der Waals surface area contributed by atoms with Gasteiger partial charge in [0.25, 0.3) is 5.91 Å². The van der Waals surface area contributed by atoms with Crippen molar-refractivity contribution in [2.24, 2.45) is 5.92 Å². The van der Waals surface area contributed by atoms with E-state index < -0.39 is 11.2 Å². The number of imidazole rings is 1. The zero-order valence-electron chi connectivity index (χ0n) is 28.7. The summed E-state index contributed by atoms with van der Waals surface area (Å²) in [6.45, 7) is 8.83. The number of ether oxygens (including phenoxy) is 2. The second-order valence-electron chi connectivity index (χ2n) is 13.0. The monoisotopic (exact) mass is 680 g/mol. The number of benzene rings is 3. The molecule has 1 saturated carbocycles. The third-order valence-corrected chi connectivity index (χ3v) is 10.4. The minimum absolute atomic E-state index is 0.109. The number of carbonyl (C=O) groups excluding carboxylic acids is 1. The Morgan fingerprint density at radius 1 is 0.980 bits per heavy atom. The number of anilines is 2. The zero-order chi connectivity index (χ0) is 34.0. The second kappa shape index (κ2) is 17.1. The maximum Gasteiger partial charge on any atom is 0.251 e. The zero-order valence-corrected chi connectivity index (χ0v) is 29.6. The number of aromatic nitrogens is 2. The van der Waals surface area contributed by atoms with E-state index in [1.807, 2.05) is 36.4 Å². The highest BCUT2D eigenvalue weighted by atomic mass is 32.2. The Labute approximate surface area is 293 Å². The van der Waals surface area contributed by atoms with Crippen molar-refractivity contribution >= 4 is 34.5 Å². The maximum atomic E-state index is 13.7. The van der Waals surface area contributed by atoms with Crippen molar-refractivity contribution in [3.05, 3.63) is 96.1 Å². The van der Waals surface area contributed by atoms with Crippen LogP contribution in [0.15, 0.2) is 89.7 Å². The molecule has 2 heterocycles. The quantitative estimate of drug-likeness (QED) is 0.0895. The minimum Gasteiger partial charge on any atom is -0.611 e. The van der Waals surface area contributed by atoms with E-state index in [4.69, 9.17) is 9.47 Å². The molecule has 2 aliphatic rings. The number of unbranched alkanes of at least 4 members (excludes halogenated alkanes) is 1. The first-order chi connectivity index (χ1) is 24.0. The number of nitrogens with one attached hydrogen (secondary N) is 1. The van der Waals surface area contributed by atoms with Gasteiger partial charge in [0.05, 0.1) is 24.8 Å². The van der Waals surface area contributed by atoms with Gasteiger partial charge in [-0.2, -0.15) is 0 Å². The minimum atomic E-state index is -1.21. The van der Waals surface area contributed by atoms with Crippen LogP contribution in [0.4, 0.5) is 11.4 Å². The van der Waals surface area contributed by atoms with Crippen LogP contribution in [-0.4, -0.2) is 52.9 Å². The first kappa shape index (κ1) is 34.8. The van der Waals surface area contributed by atoms with Gasteiger partial charge in [-0.05, 0) is 120 Å². The summed E-state index contributed by atoms with van der Waals surface area (Å²) in [4.78, 5) is 21.1. The fourth-order valence-corrected chi connectivity index (χ4v) is 7.21. The average Bonchev–Trinajstić information content (AvgIpc) is 3.88. The number of fused-ring (bicyclic) bond motifs is 1. The molecule has 9 heteroatoms. The number of hydrogen-bond acceptors (Lipinski definition) is 6. The molecule has 1 aliphatic heterocycles. The third kappa shape index (κ3) is 9.56. The Balaban J connectivity index is 1.13. The molecule has 258 valence electrons. The molecular weight excluding hydrogens is 633 g/mol. The molecule has 6 rings (SSSR count). The van der Waals surface area contributed by atoms with Gasteiger partial charge < -0.3 is 28.8 Å². The Morgan fingerprint density at radius 3 is 2.53 bits per heavy atom. The van der Waals surface area contributed by atoms with Crippen molar-refractivity contribution in [1.82, 2.24) is 9.55 Å². The van der Waals surface area contributed by atoms with E-state index in [0.29, 0.717) is 31.1 Å². The van der Waals surface area contributed by atoms with E-state index in [0.717, 1.165) is 90.0 Å². The van der Waals surface area contributed by atoms with Gasteiger partial charge in [-0.25, -0.2) is 4.98 Å². The SMILES string of the molecule is CCCCOCCOc1ccc(-c2ccc3c(c2)C=C(C(=O)Nc2ccc([S+]([O-])Cc4cncn4CCC)cc2)CCN3CC2CC2)cc1. The van der Waals surface area contributed by atoms with Crippen LogP contribution in [0.5, 0.6) is 5.75 Å². The number of aryl methyl sites for hydroxylation is 1. The molecule has 3 aromatic carbocycles. The van der Waals surface area contributed by atoms with Crippen LogP contribution >= 0.6 is 0 Å². The predicted octanol–water partition coefficient (Wildman–Crippen LogP) is 8.11. The van der Waals surface area contributed by atoms with Crippen molar-refractivity contribution in [2.45, 2.75) is 69.6 Å². The molecule has 0 saturated heterocycles. The maximum absolute atomic E-state index is 13.7. The van der Waals surface area contributed by atoms with Gasteiger partial charge in [0.15, 0.2) is 10.6 Å². The van der Waals surface area contributed by atoms with Crippen LogP contribution in [-0.2, 0) is 33.0 Å². The van der Waals surface area contributed by atoms with Crippen LogP contribution in [0.25, 0.3) is 17.2 Å². The van der Waals surface area contributed by atoms with E-state index in [2.05, 4.69) is 70.0 Å². The van der Waals surface area contributed by atoms with Gasteiger partial charge in [0.2, 0.25) is 0 Å². The molecule has 1 aromatic heterocycles. The standard InChI is InChI=1S/C40H48N4O4S/c1-3-5-21-47-22-23-48-37-13-8-31(9-14-37)32-10-17-39-34(24-32)25-33(18-20-43(39)27-30-6-7-30)40(45)42-35-11-15-38(16-12-35)49(46)28-36-26-41-29-44(36)19-4-2/h8-17,24-26,29-30H,3-7,18-23,27-28H2,1-2H3,(H,42,45). The van der Waals surface area contributed by atoms with Crippen molar-refractivity contribution in [2.75, 3.05) is 43.1 Å². The lowest BCUT2D eigenvalue weighted by Crippen LogP contribution is -2.27. The van der Waals surface area contributed by atoms with Crippen molar-refractivity contribution in [3.8, 4) is 16.9 Å². The summed E-state index contributed by atoms with van der Waals surface area (Å²) in [5.41, 5.74) is 6.82. The molecule has 8 nitrogen and oxygen atoms in total. The average molecular weight is 681 g/mol. The van der Waals surface area contributed by atoms with Crippen molar-refractivity contribution in [1.29, 1.82) is 0 Å². The molecule has 4 aromatic rings. The topological polar surface area (TPSA) is 91.7 Å². The van der Waals surface area contributed by atoms with Gasteiger partial charge in [0.1, 0.15) is 12.4 Å². The summed E-state index contributed by atoms with van der Waals surface area (Å²) in [6, 6.07) is 22.1. The van der Waals surface area contributed by atoms with Crippen LogP contribution in [0.3, 0.4) is 0 Å². The van der Waals surface area contributed by atoms with E-state index in [1.54, 1.807) is 12.5 Å². The molecule has 1 aliphatic carbocycles. The van der Waals surface area contributed by atoms with Gasteiger partial charge in [0, 0.05) is 43.2 Å². The van der Waals surface area contributed by atoms with E-state index in [-0.39, 0.29) is 5.91 Å². The summed E-state index contributed by atoms with van der Waals surface area (Å²) in [7, 11) is 0. The largest absolute Gasteiger partial charge is 0.611 e. The number of amides is 1. The lowest BCUT2D eigenvalue weighted by Gasteiger charge is -2.25. The number of nitrogens with zero attached hydrogens (tertiary/aromatic N) is 3. The summed E-state index contributed by atoms with van der Waals surface area (Å²) in [5, 5.41) is 3.10. The summed E-state index contributed by atoms with van der Waals surface area (Å²) < 4.78 is 26.6. The highest BCUT2D eigenvalue weighted by Gasteiger charge is 2.27. The van der Waals surface area contributed by atoms with Gasteiger partial charge in [-0.3, -0.25) is 4.79 Å². The number of hydrogen-bond donors (Lipinski definition) is 1. The Hall–Kier alpha value is -4.05. The third-order valence-electron chi connectivity index (χ3n) is 9.06. The normalized spacial score (nSPS) is 14.9.